The lowest BCUT2D eigenvalue weighted by Gasteiger charge is -2.33. The van der Waals surface area contributed by atoms with E-state index in [1.165, 1.54) is 5.56 Å². The number of hydrogen-bond acceptors (Lipinski definition) is 3. The number of aliphatic hydroxyl groups is 1. The van der Waals surface area contributed by atoms with Crippen LogP contribution in [0.4, 0.5) is 0 Å². The van der Waals surface area contributed by atoms with E-state index in [2.05, 4.69) is 17.7 Å². The predicted octanol–water partition coefficient (Wildman–Crippen LogP) is 2.84. The highest BCUT2D eigenvalue weighted by molar-refractivity contribution is 7.89. The van der Waals surface area contributed by atoms with Crippen molar-refractivity contribution in [1.29, 1.82) is 0 Å². The lowest BCUT2D eigenvalue weighted by atomic mass is 9.80. The van der Waals surface area contributed by atoms with Crippen LogP contribution in [0, 0.1) is 0 Å². The molecule has 0 bridgehead atoms. The van der Waals surface area contributed by atoms with Crippen LogP contribution in [0.2, 0.25) is 0 Å². The Kier molecular flexibility index (Phi) is 5.27. The summed E-state index contributed by atoms with van der Waals surface area (Å²) in [6.07, 6.45) is 3.76. The molecule has 0 amide bonds. The minimum Gasteiger partial charge on any atom is -0.388 e. The highest BCUT2D eigenvalue weighted by Gasteiger charge is 2.33. The first-order valence-electron chi connectivity index (χ1n) is 8.80. The fourth-order valence-corrected chi connectivity index (χ4v) is 4.49. The van der Waals surface area contributed by atoms with Crippen LogP contribution < -0.4 is 4.72 Å². The topological polar surface area (TPSA) is 66.4 Å². The first kappa shape index (κ1) is 18.1. The molecule has 25 heavy (non-hydrogen) atoms. The van der Waals surface area contributed by atoms with E-state index < -0.39 is 15.6 Å². The zero-order valence-electron chi connectivity index (χ0n) is 14.5. The molecule has 4 nitrogen and oxygen atoms in total. The Morgan fingerprint density at radius 1 is 1.08 bits per heavy atom. The van der Waals surface area contributed by atoms with Gasteiger partial charge in [0.05, 0.1) is 10.5 Å². The van der Waals surface area contributed by atoms with Crippen LogP contribution >= 0.6 is 0 Å². The van der Waals surface area contributed by atoms with Crippen LogP contribution in [0.25, 0.3) is 0 Å². The van der Waals surface area contributed by atoms with Gasteiger partial charge in [0.1, 0.15) is 0 Å². The Morgan fingerprint density at radius 3 is 2.44 bits per heavy atom. The maximum absolute atomic E-state index is 12.5. The maximum Gasteiger partial charge on any atom is 0.240 e. The summed E-state index contributed by atoms with van der Waals surface area (Å²) in [5.41, 5.74) is 2.42. The number of hydrogen-bond donors (Lipinski definition) is 2. The molecule has 5 heteroatoms. The molecular weight excluding hydrogens is 334 g/mol. The Morgan fingerprint density at radius 2 is 1.76 bits per heavy atom. The minimum absolute atomic E-state index is 0.0282. The molecule has 0 saturated carbocycles. The molecule has 134 valence electrons. The molecule has 1 aliphatic rings. The molecule has 1 unspecified atom stereocenters. The van der Waals surface area contributed by atoms with Gasteiger partial charge in [-0.1, -0.05) is 49.7 Å². The molecule has 0 fully saturated rings. The van der Waals surface area contributed by atoms with Crippen molar-refractivity contribution in [3.05, 3.63) is 65.2 Å². The van der Waals surface area contributed by atoms with E-state index in [1.54, 1.807) is 12.1 Å². The molecule has 0 saturated heterocycles. The van der Waals surface area contributed by atoms with Gasteiger partial charge in [-0.05, 0) is 48.1 Å². The smallest absolute Gasteiger partial charge is 0.240 e. The summed E-state index contributed by atoms with van der Waals surface area (Å²) in [4.78, 5) is 0.243. The van der Waals surface area contributed by atoms with Crippen LogP contribution in [0.1, 0.15) is 36.5 Å². The molecule has 2 aromatic carbocycles. The molecule has 0 heterocycles. The molecule has 1 atom stereocenters. The second-order valence-electron chi connectivity index (χ2n) is 6.89. The summed E-state index contributed by atoms with van der Waals surface area (Å²) in [6, 6.07) is 15.0. The Bertz CT molecular complexity index is 830. The van der Waals surface area contributed by atoms with Crippen LogP contribution in [-0.2, 0) is 29.3 Å². The second kappa shape index (κ2) is 7.28. The van der Waals surface area contributed by atoms with Crippen molar-refractivity contribution in [2.45, 2.75) is 49.5 Å². The minimum atomic E-state index is -3.62. The van der Waals surface area contributed by atoms with Crippen molar-refractivity contribution in [2.24, 2.45) is 0 Å². The van der Waals surface area contributed by atoms with Gasteiger partial charge in [0.15, 0.2) is 0 Å². The maximum atomic E-state index is 12.5. The molecule has 1 aliphatic carbocycles. The van der Waals surface area contributed by atoms with E-state index in [0.717, 1.165) is 30.4 Å². The lowest BCUT2D eigenvalue weighted by Crippen LogP contribution is -2.46. The Hall–Kier alpha value is -1.69. The van der Waals surface area contributed by atoms with E-state index in [9.17, 15) is 13.5 Å². The fourth-order valence-electron chi connectivity index (χ4n) is 3.37. The number of aryl methyl sites for hydroxylation is 2. The molecule has 0 radical (unpaired) electrons. The highest BCUT2D eigenvalue weighted by atomic mass is 32.2. The first-order chi connectivity index (χ1) is 11.9. The largest absolute Gasteiger partial charge is 0.388 e. The number of rotatable bonds is 6. The van der Waals surface area contributed by atoms with E-state index in [-0.39, 0.29) is 11.4 Å². The third-order valence-corrected chi connectivity index (χ3v) is 6.28. The summed E-state index contributed by atoms with van der Waals surface area (Å²) in [7, 11) is -3.62. The van der Waals surface area contributed by atoms with Crippen molar-refractivity contribution < 1.29 is 13.5 Å². The van der Waals surface area contributed by atoms with Gasteiger partial charge >= 0.3 is 0 Å². The summed E-state index contributed by atoms with van der Waals surface area (Å²) in [5.74, 6) is 0. The van der Waals surface area contributed by atoms with E-state index in [0.29, 0.717) is 12.8 Å². The zero-order valence-corrected chi connectivity index (χ0v) is 15.3. The average Bonchev–Trinajstić information content (AvgIpc) is 2.61. The highest BCUT2D eigenvalue weighted by Crippen LogP contribution is 2.28. The lowest BCUT2D eigenvalue weighted by molar-refractivity contribution is 0.0317. The van der Waals surface area contributed by atoms with Crippen LogP contribution in [0.5, 0.6) is 0 Å². The SMILES string of the molecule is CCCc1ccc(S(=O)(=O)NCC2(O)CCc3ccccc3C2)cc1. The van der Waals surface area contributed by atoms with Gasteiger partial charge in [0.25, 0.3) is 0 Å². The predicted molar refractivity (Wildman–Crippen MR) is 99.0 cm³/mol. The van der Waals surface area contributed by atoms with Crippen LogP contribution in [-0.4, -0.2) is 25.7 Å². The molecule has 3 rings (SSSR count). The van der Waals surface area contributed by atoms with Crippen molar-refractivity contribution in [1.82, 2.24) is 4.72 Å². The van der Waals surface area contributed by atoms with Gasteiger partial charge < -0.3 is 5.11 Å². The molecule has 0 aliphatic heterocycles. The molecule has 2 N–H and O–H groups in total. The molecular formula is C20H25NO3S. The summed E-state index contributed by atoms with van der Waals surface area (Å²) >= 11 is 0. The molecule has 0 spiro atoms. The van der Waals surface area contributed by atoms with Gasteiger partial charge in [0.2, 0.25) is 10.0 Å². The van der Waals surface area contributed by atoms with E-state index >= 15 is 0 Å². The third-order valence-electron chi connectivity index (χ3n) is 4.86. The number of fused-ring (bicyclic) bond motifs is 1. The Labute approximate surface area is 150 Å². The normalized spacial score (nSPS) is 20.2. The number of sulfonamides is 1. The summed E-state index contributed by atoms with van der Waals surface area (Å²) in [6.45, 7) is 2.12. The third kappa shape index (κ3) is 4.29. The van der Waals surface area contributed by atoms with Crippen molar-refractivity contribution in [3.8, 4) is 0 Å². The fraction of sp³-hybridized carbons (Fsp3) is 0.400. The number of nitrogens with one attached hydrogen (secondary N) is 1. The standard InChI is InChI=1S/C20H25NO3S/c1-2-5-16-8-10-19(11-9-16)25(23,24)21-15-20(22)13-12-17-6-3-4-7-18(17)14-20/h3-4,6-11,21-22H,2,5,12-15H2,1H3. The van der Waals surface area contributed by atoms with Crippen LogP contribution in [0.3, 0.4) is 0 Å². The Balaban J connectivity index is 1.68. The summed E-state index contributed by atoms with van der Waals surface area (Å²) in [5, 5.41) is 10.8. The van der Waals surface area contributed by atoms with Gasteiger partial charge in [-0.2, -0.15) is 0 Å². The summed E-state index contributed by atoms with van der Waals surface area (Å²) < 4.78 is 27.6. The monoisotopic (exact) mass is 359 g/mol. The molecule has 2 aromatic rings. The van der Waals surface area contributed by atoms with Gasteiger partial charge in [0, 0.05) is 13.0 Å². The van der Waals surface area contributed by atoms with Crippen molar-refractivity contribution in [3.63, 3.8) is 0 Å². The van der Waals surface area contributed by atoms with Gasteiger partial charge in [-0.3, -0.25) is 0 Å². The first-order valence-corrected chi connectivity index (χ1v) is 10.3. The average molecular weight is 359 g/mol. The second-order valence-corrected chi connectivity index (χ2v) is 8.66. The number of benzene rings is 2. The molecule has 0 aromatic heterocycles. The van der Waals surface area contributed by atoms with E-state index in [1.807, 2.05) is 30.3 Å². The zero-order chi connectivity index (χ0) is 17.9. The quantitative estimate of drug-likeness (QED) is 0.833. The van der Waals surface area contributed by atoms with E-state index in [4.69, 9.17) is 0 Å². The van der Waals surface area contributed by atoms with Crippen LogP contribution in [0.15, 0.2) is 53.4 Å². The van der Waals surface area contributed by atoms with Gasteiger partial charge in [-0.15, -0.1) is 0 Å². The van der Waals surface area contributed by atoms with Crippen molar-refractivity contribution in [2.75, 3.05) is 6.54 Å². The van der Waals surface area contributed by atoms with Gasteiger partial charge in [-0.25, -0.2) is 13.1 Å². The van der Waals surface area contributed by atoms with Crippen molar-refractivity contribution >= 4 is 10.0 Å².